The van der Waals surface area contributed by atoms with E-state index in [9.17, 15) is 14.4 Å². The van der Waals surface area contributed by atoms with Gasteiger partial charge in [0.15, 0.2) is 0 Å². The zero-order valence-electron chi connectivity index (χ0n) is 18.0. The molecular weight excluding hydrogens is 408 g/mol. The zero-order valence-corrected chi connectivity index (χ0v) is 18.0. The summed E-state index contributed by atoms with van der Waals surface area (Å²) in [5, 5.41) is 12.8. The molecule has 1 aromatic carbocycles. The van der Waals surface area contributed by atoms with Crippen LogP contribution in [0.3, 0.4) is 0 Å². The van der Waals surface area contributed by atoms with Crippen molar-refractivity contribution in [2.45, 2.75) is 44.1 Å². The lowest BCUT2D eigenvalue weighted by atomic mass is 9.92. The summed E-state index contributed by atoms with van der Waals surface area (Å²) >= 11 is 0. The molecule has 166 valence electrons. The minimum atomic E-state index is -0.401. The monoisotopic (exact) mass is 434 g/mol. The van der Waals surface area contributed by atoms with Crippen molar-refractivity contribution in [2.75, 3.05) is 13.1 Å². The second kappa shape index (κ2) is 8.22. The quantitative estimate of drug-likeness (QED) is 0.486. The number of fused-ring (bicyclic) bond motifs is 1. The molecule has 4 heterocycles. The number of amides is 3. The van der Waals surface area contributed by atoms with Gasteiger partial charge in [-0.2, -0.15) is 10.2 Å². The molecule has 2 aromatic heterocycles. The molecular formula is C23H26N6O3. The lowest BCUT2D eigenvalue weighted by molar-refractivity contribution is -0.134. The number of likely N-dealkylation sites (tertiary alicyclic amines) is 1. The highest BCUT2D eigenvalue weighted by Crippen LogP contribution is 2.31. The van der Waals surface area contributed by atoms with Gasteiger partial charge in [-0.3, -0.25) is 29.1 Å². The Morgan fingerprint density at radius 1 is 1.12 bits per heavy atom. The van der Waals surface area contributed by atoms with Gasteiger partial charge < -0.3 is 4.90 Å². The number of imide groups is 1. The van der Waals surface area contributed by atoms with Crippen molar-refractivity contribution < 1.29 is 14.4 Å². The summed E-state index contributed by atoms with van der Waals surface area (Å²) in [6.45, 7) is 2.21. The van der Waals surface area contributed by atoms with E-state index < -0.39 is 5.92 Å². The van der Waals surface area contributed by atoms with Crippen LogP contribution in [0.1, 0.15) is 54.5 Å². The first-order valence-corrected chi connectivity index (χ1v) is 11.0. The molecule has 5 rings (SSSR count). The number of carbonyl (C=O) groups excluding carboxylic acids is 3. The normalized spacial score (nSPS) is 20.0. The van der Waals surface area contributed by atoms with Gasteiger partial charge in [-0.05, 0) is 37.0 Å². The predicted molar refractivity (Wildman–Crippen MR) is 117 cm³/mol. The summed E-state index contributed by atoms with van der Waals surface area (Å²) in [5.74, 6) is -0.500. The summed E-state index contributed by atoms with van der Waals surface area (Å²) in [5.41, 5.74) is 3.86. The van der Waals surface area contributed by atoms with Gasteiger partial charge in [0.1, 0.15) is 0 Å². The van der Waals surface area contributed by atoms with Crippen LogP contribution in [0.25, 0.3) is 10.9 Å². The molecule has 9 heteroatoms. The van der Waals surface area contributed by atoms with E-state index in [4.69, 9.17) is 5.10 Å². The smallest absolute Gasteiger partial charge is 0.235 e. The van der Waals surface area contributed by atoms with Gasteiger partial charge in [0, 0.05) is 44.1 Å². The fourth-order valence-corrected chi connectivity index (χ4v) is 4.81. The third kappa shape index (κ3) is 3.79. The van der Waals surface area contributed by atoms with Crippen molar-refractivity contribution in [3.8, 4) is 0 Å². The highest BCUT2D eigenvalue weighted by molar-refractivity contribution is 6.02. The van der Waals surface area contributed by atoms with Crippen LogP contribution in [0.4, 0.5) is 0 Å². The molecule has 0 spiro atoms. The van der Waals surface area contributed by atoms with Crippen molar-refractivity contribution >= 4 is 29.1 Å². The molecule has 0 radical (unpaired) electrons. The van der Waals surface area contributed by atoms with E-state index in [0.29, 0.717) is 25.3 Å². The molecule has 3 amide bonds. The number of aromatic nitrogens is 4. The minimum Gasteiger partial charge on any atom is -0.345 e. The highest BCUT2D eigenvalue weighted by atomic mass is 16.2. The SMILES string of the molecule is Cn1nc(C2CCC(=O)NC2=O)c2ccc(Cn3ccc(C4CCN(C=O)CC4)n3)cc21. The standard InChI is InChI=1S/C23H26N6O3/c1-27-20-12-15(2-3-17(20)22(26-27)18-4-5-21(31)24-23(18)32)13-29-11-8-19(25-29)16-6-9-28(14-30)10-7-16/h2-3,8,11-12,14,16,18H,4-7,9-10,13H2,1H3,(H,24,31,32). The third-order valence-corrected chi connectivity index (χ3v) is 6.62. The number of nitrogens with zero attached hydrogens (tertiary/aromatic N) is 5. The minimum absolute atomic E-state index is 0.221. The van der Waals surface area contributed by atoms with Gasteiger partial charge in [-0.15, -0.1) is 0 Å². The number of benzene rings is 1. The molecule has 3 aromatic rings. The molecule has 9 nitrogen and oxygen atoms in total. The van der Waals surface area contributed by atoms with Crippen LogP contribution >= 0.6 is 0 Å². The number of aryl methyl sites for hydroxylation is 1. The first-order valence-electron chi connectivity index (χ1n) is 11.0. The van der Waals surface area contributed by atoms with E-state index in [0.717, 1.165) is 60.2 Å². The fourth-order valence-electron chi connectivity index (χ4n) is 4.81. The molecule has 0 bridgehead atoms. The Labute approximate surface area is 185 Å². The van der Waals surface area contributed by atoms with Gasteiger partial charge in [-0.1, -0.05) is 12.1 Å². The number of hydrogen-bond donors (Lipinski definition) is 1. The van der Waals surface area contributed by atoms with Crippen molar-refractivity contribution in [1.29, 1.82) is 0 Å². The second-order valence-electron chi connectivity index (χ2n) is 8.72. The third-order valence-electron chi connectivity index (χ3n) is 6.62. The topological polar surface area (TPSA) is 102 Å². The number of carbonyl (C=O) groups is 3. The molecule has 1 atom stereocenters. The highest BCUT2D eigenvalue weighted by Gasteiger charge is 2.31. The lowest BCUT2D eigenvalue weighted by Gasteiger charge is -2.28. The maximum Gasteiger partial charge on any atom is 0.235 e. The summed E-state index contributed by atoms with van der Waals surface area (Å²) in [7, 11) is 1.87. The van der Waals surface area contributed by atoms with Gasteiger partial charge in [-0.25, -0.2) is 0 Å². The molecule has 1 unspecified atom stereocenters. The van der Waals surface area contributed by atoms with Crippen LogP contribution in [0.2, 0.25) is 0 Å². The molecule has 2 saturated heterocycles. The number of hydrogen-bond acceptors (Lipinski definition) is 5. The van der Waals surface area contributed by atoms with E-state index >= 15 is 0 Å². The van der Waals surface area contributed by atoms with Crippen molar-refractivity contribution in [3.63, 3.8) is 0 Å². The summed E-state index contributed by atoms with van der Waals surface area (Å²) < 4.78 is 3.74. The van der Waals surface area contributed by atoms with Crippen LogP contribution in [-0.2, 0) is 28.0 Å². The van der Waals surface area contributed by atoms with Gasteiger partial charge in [0.25, 0.3) is 0 Å². The first kappa shape index (κ1) is 20.4. The summed E-state index contributed by atoms with van der Waals surface area (Å²) in [6, 6.07) is 8.21. The van der Waals surface area contributed by atoms with E-state index in [1.807, 2.05) is 35.0 Å². The lowest BCUT2D eigenvalue weighted by Crippen LogP contribution is -2.39. The van der Waals surface area contributed by atoms with Gasteiger partial charge >= 0.3 is 0 Å². The van der Waals surface area contributed by atoms with E-state index in [2.05, 4.69) is 22.5 Å². The van der Waals surface area contributed by atoms with Crippen molar-refractivity contribution in [2.24, 2.45) is 7.05 Å². The van der Waals surface area contributed by atoms with Gasteiger partial charge in [0.05, 0.1) is 29.4 Å². The Bertz CT molecular complexity index is 1190. The molecule has 1 N–H and O–H groups in total. The maximum atomic E-state index is 12.3. The Morgan fingerprint density at radius 2 is 1.94 bits per heavy atom. The average Bonchev–Trinajstić information content (AvgIpc) is 3.38. The van der Waals surface area contributed by atoms with Crippen LogP contribution < -0.4 is 5.32 Å². The number of rotatable bonds is 5. The first-order chi connectivity index (χ1) is 15.5. The predicted octanol–water partition coefficient (Wildman–Crippen LogP) is 1.67. The van der Waals surface area contributed by atoms with Gasteiger partial charge in [0.2, 0.25) is 18.2 Å². The number of nitrogens with one attached hydrogen (secondary N) is 1. The molecule has 32 heavy (non-hydrogen) atoms. The van der Waals surface area contributed by atoms with Crippen LogP contribution in [-0.4, -0.2) is 55.8 Å². The largest absolute Gasteiger partial charge is 0.345 e. The van der Waals surface area contributed by atoms with Crippen molar-refractivity contribution in [1.82, 2.24) is 29.8 Å². The van der Waals surface area contributed by atoms with Crippen LogP contribution in [0, 0.1) is 0 Å². The van der Waals surface area contributed by atoms with Crippen LogP contribution in [0.5, 0.6) is 0 Å². The molecule has 0 saturated carbocycles. The average molecular weight is 435 g/mol. The Morgan fingerprint density at radius 3 is 2.69 bits per heavy atom. The Kier molecular flexibility index (Phi) is 5.24. The van der Waals surface area contributed by atoms with Crippen LogP contribution in [0.15, 0.2) is 30.5 Å². The Hall–Kier alpha value is -3.49. The summed E-state index contributed by atoms with van der Waals surface area (Å²) in [4.78, 5) is 36.5. The maximum absolute atomic E-state index is 12.3. The molecule has 2 aliphatic rings. The molecule has 2 fully saturated rings. The Balaban J connectivity index is 1.33. The van der Waals surface area contributed by atoms with E-state index in [-0.39, 0.29) is 11.8 Å². The summed E-state index contributed by atoms with van der Waals surface area (Å²) in [6.07, 6.45) is 5.64. The number of piperidine rings is 2. The van der Waals surface area contributed by atoms with E-state index in [1.54, 1.807) is 4.68 Å². The van der Waals surface area contributed by atoms with E-state index in [1.165, 1.54) is 0 Å². The zero-order chi connectivity index (χ0) is 22.2. The van der Waals surface area contributed by atoms with Crippen molar-refractivity contribution in [3.05, 3.63) is 47.4 Å². The fraction of sp³-hybridized carbons (Fsp3) is 0.435. The molecule has 0 aliphatic carbocycles. The second-order valence-corrected chi connectivity index (χ2v) is 8.72. The molecule has 2 aliphatic heterocycles.